The van der Waals surface area contributed by atoms with Crippen LogP contribution in [0, 0.1) is 6.92 Å². The van der Waals surface area contributed by atoms with Gasteiger partial charge >= 0.3 is 5.97 Å². The van der Waals surface area contributed by atoms with Crippen LogP contribution in [0.15, 0.2) is 53.4 Å². The van der Waals surface area contributed by atoms with Gasteiger partial charge in [-0.15, -0.1) is 0 Å². The van der Waals surface area contributed by atoms with E-state index in [1.807, 2.05) is 6.92 Å². The molecule has 0 aliphatic heterocycles. The second-order valence-corrected chi connectivity index (χ2v) is 6.38. The maximum atomic E-state index is 11.9. The molecule has 0 atom stereocenters. The first-order valence-corrected chi connectivity index (χ1v) is 8.21. The van der Waals surface area contributed by atoms with Gasteiger partial charge in [0.2, 0.25) is 0 Å². The summed E-state index contributed by atoms with van der Waals surface area (Å²) in [7, 11) is -3.81. The van der Waals surface area contributed by atoms with Crippen LogP contribution in [0.3, 0.4) is 0 Å². The number of aromatic carboxylic acids is 1. The number of carboxylic acids is 1. The minimum atomic E-state index is -3.81. The summed E-state index contributed by atoms with van der Waals surface area (Å²) < 4.78 is 34.1. The number of aryl methyl sites for hydroxylation is 1. The lowest BCUT2D eigenvalue weighted by atomic mass is 10.2. The van der Waals surface area contributed by atoms with Gasteiger partial charge in [0.25, 0.3) is 10.1 Å². The van der Waals surface area contributed by atoms with Gasteiger partial charge < -0.3 is 9.84 Å². The van der Waals surface area contributed by atoms with E-state index in [0.717, 1.165) is 5.56 Å². The van der Waals surface area contributed by atoms with Crippen molar-refractivity contribution in [2.24, 2.45) is 0 Å². The van der Waals surface area contributed by atoms with Crippen LogP contribution in [0.4, 0.5) is 0 Å². The normalized spacial score (nSPS) is 11.2. The minimum absolute atomic E-state index is 0.0253. The van der Waals surface area contributed by atoms with E-state index in [4.69, 9.17) is 14.0 Å². The van der Waals surface area contributed by atoms with E-state index in [2.05, 4.69) is 0 Å². The quantitative estimate of drug-likeness (QED) is 0.617. The van der Waals surface area contributed by atoms with Crippen molar-refractivity contribution in [3.63, 3.8) is 0 Å². The molecule has 0 spiro atoms. The molecule has 0 amide bonds. The van der Waals surface area contributed by atoms with Gasteiger partial charge in [-0.1, -0.05) is 17.7 Å². The van der Waals surface area contributed by atoms with E-state index >= 15 is 0 Å². The van der Waals surface area contributed by atoms with Crippen molar-refractivity contribution in [3.05, 3.63) is 59.7 Å². The van der Waals surface area contributed by atoms with Crippen molar-refractivity contribution >= 4 is 16.1 Å². The zero-order valence-electron chi connectivity index (χ0n) is 12.4. The molecule has 6 nitrogen and oxygen atoms in total. The van der Waals surface area contributed by atoms with Gasteiger partial charge in [0, 0.05) is 0 Å². The largest absolute Gasteiger partial charge is 0.491 e. The summed E-state index contributed by atoms with van der Waals surface area (Å²) in [5, 5.41) is 8.78. The van der Waals surface area contributed by atoms with E-state index in [-0.39, 0.29) is 23.7 Å². The molecule has 2 rings (SSSR count). The Hall–Kier alpha value is -2.38. The lowest BCUT2D eigenvalue weighted by Crippen LogP contribution is -2.13. The van der Waals surface area contributed by atoms with Crippen molar-refractivity contribution in [3.8, 4) is 5.75 Å². The number of ether oxygens (including phenoxy) is 1. The molecule has 0 saturated heterocycles. The highest BCUT2D eigenvalue weighted by molar-refractivity contribution is 7.86. The summed E-state index contributed by atoms with van der Waals surface area (Å²) in [4.78, 5) is 10.8. The summed E-state index contributed by atoms with van der Waals surface area (Å²) in [5.74, 6) is -0.588. The summed E-state index contributed by atoms with van der Waals surface area (Å²) in [5.41, 5.74) is 1.10. The Labute approximate surface area is 134 Å². The molecule has 2 aromatic rings. The molecule has 1 N–H and O–H groups in total. The molecule has 0 radical (unpaired) electrons. The molecule has 7 heteroatoms. The summed E-state index contributed by atoms with van der Waals surface area (Å²) >= 11 is 0. The standard InChI is InChI=1S/C16H16O6S/c1-12-2-8-15(9-3-12)23(19,20)22-11-10-21-14-6-4-13(5-7-14)16(17)18/h2-9H,10-11H2,1H3,(H,17,18). The number of rotatable bonds is 7. The molecule has 0 saturated carbocycles. The van der Waals surface area contributed by atoms with Crippen LogP contribution in [0.5, 0.6) is 5.75 Å². The Morgan fingerprint density at radius 2 is 1.61 bits per heavy atom. The molecule has 0 aromatic heterocycles. The van der Waals surface area contributed by atoms with Crippen LogP contribution in [0.25, 0.3) is 0 Å². The molecule has 0 aliphatic carbocycles. The fraction of sp³-hybridized carbons (Fsp3) is 0.188. The predicted octanol–water partition coefficient (Wildman–Crippen LogP) is 2.48. The summed E-state index contributed by atoms with van der Waals surface area (Å²) in [6.45, 7) is 1.75. The first-order chi connectivity index (χ1) is 10.9. The van der Waals surface area contributed by atoms with Gasteiger partial charge in [0.05, 0.1) is 10.5 Å². The Kier molecular flexibility index (Phi) is 5.36. The molecule has 0 heterocycles. The zero-order chi connectivity index (χ0) is 16.9. The van der Waals surface area contributed by atoms with Crippen molar-refractivity contribution in [2.45, 2.75) is 11.8 Å². The van der Waals surface area contributed by atoms with Gasteiger partial charge in [-0.3, -0.25) is 4.18 Å². The van der Waals surface area contributed by atoms with E-state index in [1.54, 1.807) is 12.1 Å². The second-order valence-electron chi connectivity index (χ2n) is 4.77. The highest BCUT2D eigenvalue weighted by atomic mass is 32.2. The third-order valence-corrected chi connectivity index (χ3v) is 4.33. The highest BCUT2D eigenvalue weighted by Crippen LogP contribution is 2.14. The van der Waals surface area contributed by atoms with Crippen LogP contribution >= 0.6 is 0 Å². The van der Waals surface area contributed by atoms with Gasteiger partial charge in [0.1, 0.15) is 19.0 Å². The maximum Gasteiger partial charge on any atom is 0.335 e. The number of carboxylic acid groups (broad SMARTS) is 1. The van der Waals surface area contributed by atoms with Crippen molar-refractivity contribution in [1.29, 1.82) is 0 Å². The SMILES string of the molecule is Cc1ccc(S(=O)(=O)OCCOc2ccc(C(=O)O)cc2)cc1. The molecular formula is C16H16O6S. The van der Waals surface area contributed by atoms with Crippen LogP contribution in [-0.4, -0.2) is 32.7 Å². The lowest BCUT2D eigenvalue weighted by molar-refractivity contribution is 0.0696. The fourth-order valence-electron chi connectivity index (χ4n) is 1.77. The predicted molar refractivity (Wildman–Crippen MR) is 83.2 cm³/mol. The molecule has 2 aromatic carbocycles. The fourth-order valence-corrected chi connectivity index (χ4v) is 2.66. The molecule has 0 unspecified atom stereocenters. The van der Waals surface area contributed by atoms with E-state index in [9.17, 15) is 13.2 Å². The van der Waals surface area contributed by atoms with Crippen LogP contribution in [-0.2, 0) is 14.3 Å². The number of hydrogen-bond acceptors (Lipinski definition) is 5. The van der Waals surface area contributed by atoms with Gasteiger partial charge in [-0.25, -0.2) is 4.79 Å². The third kappa shape index (κ3) is 4.80. The number of carbonyl (C=O) groups is 1. The van der Waals surface area contributed by atoms with Crippen molar-refractivity contribution in [1.82, 2.24) is 0 Å². The number of benzene rings is 2. The molecule has 0 aliphatic rings. The minimum Gasteiger partial charge on any atom is -0.491 e. The van der Waals surface area contributed by atoms with Gasteiger partial charge in [0.15, 0.2) is 0 Å². The third-order valence-electron chi connectivity index (χ3n) is 3.00. The van der Waals surface area contributed by atoms with E-state index < -0.39 is 16.1 Å². The zero-order valence-corrected chi connectivity index (χ0v) is 13.2. The van der Waals surface area contributed by atoms with Crippen molar-refractivity contribution in [2.75, 3.05) is 13.2 Å². The average Bonchev–Trinajstić information content (AvgIpc) is 2.52. The smallest absolute Gasteiger partial charge is 0.335 e. The van der Waals surface area contributed by atoms with E-state index in [1.165, 1.54) is 36.4 Å². The Bertz CT molecular complexity index is 763. The topological polar surface area (TPSA) is 89.9 Å². The van der Waals surface area contributed by atoms with Crippen LogP contribution in [0.2, 0.25) is 0 Å². The molecule has 0 bridgehead atoms. The maximum absolute atomic E-state index is 11.9. The van der Waals surface area contributed by atoms with Crippen LogP contribution < -0.4 is 4.74 Å². The number of hydrogen-bond donors (Lipinski definition) is 1. The van der Waals surface area contributed by atoms with Crippen LogP contribution in [0.1, 0.15) is 15.9 Å². The molecule has 23 heavy (non-hydrogen) atoms. The first-order valence-electron chi connectivity index (χ1n) is 6.81. The second kappa shape index (κ2) is 7.26. The summed E-state index contributed by atoms with van der Waals surface area (Å²) in [6, 6.07) is 12.2. The monoisotopic (exact) mass is 336 g/mol. The first kappa shape index (κ1) is 17.0. The Balaban J connectivity index is 1.84. The summed E-state index contributed by atoms with van der Waals surface area (Å²) in [6.07, 6.45) is 0. The Morgan fingerprint density at radius 1 is 1.00 bits per heavy atom. The highest BCUT2D eigenvalue weighted by Gasteiger charge is 2.14. The molecule has 122 valence electrons. The van der Waals surface area contributed by atoms with Gasteiger partial charge in [-0.2, -0.15) is 8.42 Å². The molecular weight excluding hydrogens is 320 g/mol. The lowest BCUT2D eigenvalue weighted by Gasteiger charge is -2.08. The van der Waals surface area contributed by atoms with Crippen molar-refractivity contribution < 1.29 is 27.2 Å². The Morgan fingerprint density at radius 3 is 2.17 bits per heavy atom. The molecule has 0 fully saturated rings. The van der Waals surface area contributed by atoms with E-state index in [0.29, 0.717) is 5.75 Å². The average molecular weight is 336 g/mol. The van der Waals surface area contributed by atoms with Gasteiger partial charge in [-0.05, 0) is 43.3 Å².